The molecule has 0 aliphatic carbocycles. The minimum absolute atomic E-state index is 0.168. The predicted molar refractivity (Wildman–Crippen MR) is 146 cm³/mol. The van der Waals surface area contributed by atoms with Crippen molar-refractivity contribution >= 4 is 79.1 Å². The van der Waals surface area contributed by atoms with Crippen LogP contribution in [-0.4, -0.2) is 34.1 Å². The lowest BCUT2D eigenvalue weighted by molar-refractivity contribution is -0.121. The van der Waals surface area contributed by atoms with Crippen LogP contribution in [0.5, 0.6) is 5.75 Å². The van der Waals surface area contributed by atoms with E-state index >= 15 is 0 Å². The first-order chi connectivity index (χ1) is 16.7. The van der Waals surface area contributed by atoms with Gasteiger partial charge in [-0.3, -0.25) is 9.69 Å². The Hall–Kier alpha value is -2.70. The Kier molecular flexibility index (Phi) is 7.92. The van der Waals surface area contributed by atoms with Gasteiger partial charge in [-0.1, -0.05) is 12.1 Å². The Labute approximate surface area is 227 Å². The van der Waals surface area contributed by atoms with Crippen molar-refractivity contribution in [1.82, 2.24) is 4.90 Å². The summed E-state index contributed by atoms with van der Waals surface area (Å²) in [5, 5.41) is 9.53. The Bertz CT molecular complexity index is 1360. The van der Waals surface area contributed by atoms with E-state index in [1.807, 2.05) is 12.1 Å². The molecule has 178 valence electrons. The summed E-state index contributed by atoms with van der Waals surface area (Å²) in [5.41, 5.74) is 2.24. The van der Waals surface area contributed by atoms with Gasteiger partial charge in [0.05, 0.1) is 24.2 Å². The van der Waals surface area contributed by atoms with Gasteiger partial charge < -0.3 is 9.84 Å². The summed E-state index contributed by atoms with van der Waals surface area (Å²) in [7, 11) is 1.64. The lowest BCUT2D eigenvalue weighted by atomic mass is 10.2. The molecule has 10 heteroatoms. The fourth-order valence-electron chi connectivity index (χ4n) is 3.17. The van der Waals surface area contributed by atoms with Gasteiger partial charge in [-0.05, 0) is 116 Å². The number of thioether (sulfide) groups is 1. The molecule has 0 bridgehead atoms. The molecule has 1 saturated heterocycles. The van der Waals surface area contributed by atoms with E-state index in [2.05, 4.69) is 43.5 Å². The summed E-state index contributed by atoms with van der Waals surface area (Å²) in [5.74, 6) is -0.881. The largest absolute Gasteiger partial charge is 0.487 e. The van der Waals surface area contributed by atoms with Crippen molar-refractivity contribution in [3.63, 3.8) is 0 Å². The van der Waals surface area contributed by atoms with E-state index in [4.69, 9.17) is 9.84 Å². The zero-order chi connectivity index (χ0) is 25.1. The number of amidine groups is 1. The van der Waals surface area contributed by atoms with Crippen molar-refractivity contribution < 1.29 is 23.8 Å². The number of hydrogen-bond acceptors (Lipinski definition) is 5. The molecule has 4 rings (SSSR count). The number of carboxylic acids is 1. The first-order valence-corrected chi connectivity index (χ1v) is 12.9. The average molecular weight is 667 g/mol. The number of aromatic carboxylic acids is 1. The van der Waals surface area contributed by atoms with E-state index in [0.717, 1.165) is 14.7 Å². The maximum Gasteiger partial charge on any atom is 0.335 e. The number of hydrogen-bond donors (Lipinski definition) is 1. The molecule has 0 atom stereocenters. The molecule has 6 nitrogen and oxygen atoms in total. The van der Waals surface area contributed by atoms with Gasteiger partial charge in [-0.2, -0.15) is 0 Å². The minimum Gasteiger partial charge on any atom is -0.487 e. The summed E-state index contributed by atoms with van der Waals surface area (Å²) < 4.78 is 20.9. The van der Waals surface area contributed by atoms with Crippen LogP contribution >= 0.6 is 50.3 Å². The van der Waals surface area contributed by atoms with Gasteiger partial charge in [-0.15, -0.1) is 0 Å². The first-order valence-electron chi connectivity index (χ1n) is 10.2. The molecule has 0 unspecified atom stereocenters. The highest BCUT2D eigenvalue weighted by Gasteiger charge is 2.30. The lowest BCUT2D eigenvalue weighted by Crippen LogP contribution is -2.23. The molecule has 0 aromatic heterocycles. The number of benzene rings is 3. The van der Waals surface area contributed by atoms with E-state index in [1.54, 1.807) is 37.4 Å². The van der Waals surface area contributed by atoms with E-state index in [9.17, 15) is 14.0 Å². The van der Waals surface area contributed by atoms with Crippen molar-refractivity contribution in [2.24, 2.45) is 4.99 Å². The minimum atomic E-state index is -1.01. The normalized spacial score (nSPS) is 15.8. The maximum atomic E-state index is 13.4. The third kappa shape index (κ3) is 6.11. The molecule has 1 heterocycles. The van der Waals surface area contributed by atoms with Gasteiger partial charge in [0.25, 0.3) is 5.91 Å². The molecule has 1 fully saturated rings. The van der Waals surface area contributed by atoms with E-state index in [1.165, 1.54) is 40.9 Å². The molecule has 1 amide bonds. The zero-order valence-corrected chi connectivity index (χ0v) is 22.7. The van der Waals surface area contributed by atoms with Crippen LogP contribution in [0.3, 0.4) is 0 Å². The molecule has 0 radical (unpaired) electrons. The number of carbonyl (C=O) groups is 2. The van der Waals surface area contributed by atoms with Crippen LogP contribution in [0, 0.1) is 9.39 Å². The Morgan fingerprint density at radius 2 is 1.97 bits per heavy atom. The second-order valence-electron chi connectivity index (χ2n) is 7.45. The number of amides is 1. The highest BCUT2D eigenvalue weighted by Crippen LogP contribution is 2.37. The Morgan fingerprint density at radius 1 is 1.23 bits per heavy atom. The fraction of sp³-hybridized carbons (Fsp3) is 0.0800. The molecule has 0 saturated carbocycles. The number of carboxylic acid groups (broad SMARTS) is 1. The Morgan fingerprint density at radius 3 is 2.63 bits per heavy atom. The quantitative estimate of drug-likeness (QED) is 0.234. The monoisotopic (exact) mass is 666 g/mol. The van der Waals surface area contributed by atoms with Crippen molar-refractivity contribution in [2.75, 3.05) is 7.05 Å². The first kappa shape index (κ1) is 25.4. The van der Waals surface area contributed by atoms with Crippen LogP contribution in [0.15, 0.2) is 75.0 Å². The molecule has 35 heavy (non-hydrogen) atoms. The summed E-state index contributed by atoms with van der Waals surface area (Å²) in [6.07, 6.45) is 1.78. The summed E-state index contributed by atoms with van der Waals surface area (Å²) in [6.45, 7) is 0.221. The summed E-state index contributed by atoms with van der Waals surface area (Å²) in [4.78, 5) is 30.3. The lowest BCUT2D eigenvalue weighted by Gasteiger charge is -2.12. The van der Waals surface area contributed by atoms with E-state index < -0.39 is 5.97 Å². The number of ether oxygens (including phenoxy) is 1. The van der Waals surface area contributed by atoms with Gasteiger partial charge in [0.1, 0.15) is 18.2 Å². The van der Waals surface area contributed by atoms with E-state index in [0.29, 0.717) is 26.0 Å². The highest BCUT2D eigenvalue weighted by atomic mass is 127. The third-order valence-electron chi connectivity index (χ3n) is 4.93. The number of aliphatic imine (C=N–C) groups is 1. The van der Waals surface area contributed by atoms with Crippen LogP contribution in [-0.2, 0) is 11.4 Å². The standard InChI is InChI=1S/C25H17BrFIN2O4S/c1-30-23(31)21(35-25(30)29-18-7-5-16(6-8-18)24(32)33)12-15-10-19(26)22(20(28)11-15)34-13-14-3-2-4-17(27)9-14/h2-12H,13H2,1H3,(H,32,33)/b21-12-,29-25?. The zero-order valence-electron chi connectivity index (χ0n) is 18.2. The van der Waals surface area contributed by atoms with Gasteiger partial charge in [0, 0.05) is 7.05 Å². The van der Waals surface area contributed by atoms with Crippen molar-refractivity contribution in [3.8, 4) is 5.75 Å². The van der Waals surface area contributed by atoms with Gasteiger partial charge in [0.15, 0.2) is 5.17 Å². The molecule has 3 aromatic carbocycles. The number of halogens is 3. The number of rotatable bonds is 6. The number of likely N-dealkylation sites (N-methyl/N-ethyl adjacent to an activating group) is 1. The van der Waals surface area contributed by atoms with Gasteiger partial charge in [0.2, 0.25) is 0 Å². The fourth-order valence-corrected chi connectivity index (χ4v) is 5.93. The van der Waals surface area contributed by atoms with Gasteiger partial charge >= 0.3 is 5.97 Å². The highest BCUT2D eigenvalue weighted by molar-refractivity contribution is 14.1. The number of carbonyl (C=O) groups excluding carboxylic acids is 1. The third-order valence-corrected chi connectivity index (χ3v) is 7.38. The van der Waals surface area contributed by atoms with Crippen LogP contribution in [0.4, 0.5) is 10.1 Å². The van der Waals surface area contributed by atoms with Crippen LogP contribution in [0.1, 0.15) is 21.5 Å². The maximum absolute atomic E-state index is 13.4. The van der Waals surface area contributed by atoms with Gasteiger partial charge in [-0.25, -0.2) is 14.2 Å². The SMILES string of the molecule is CN1C(=O)/C(=C/c2cc(Br)c(OCc3cccc(F)c3)c(I)c2)SC1=Nc1ccc(C(=O)O)cc1. The topological polar surface area (TPSA) is 79.2 Å². The van der Waals surface area contributed by atoms with Crippen LogP contribution < -0.4 is 4.74 Å². The van der Waals surface area contributed by atoms with Crippen LogP contribution in [0.2, 0.25) is 0 Å². The molecular formula is C25H17BrFIN2O4S. The van der Waals surface area contributed by atoms with Crippen molar-refractivity contribution in [1.29, 1.82) is 0 Å². The smallest absolute Gasteiger partial charge is 0.335 e. The summed E-state index contributed by atoms with van der Waals surface area (Å²) in [6, 6.07) is 16.1. The molecule has 1 N–H and O–H groups in total. The number of nitrogens with zero attached hydrogens (tertiary/aromatic N) is 2. The molecule has 0 spiro atoms. The Balaban J connectivity index is 1.52. The predicted octanol–water partition coefficient (Wildman–Crippen LogP) is 6.70. The molecule has 1 aliphatic heterocycles. The molecule has 1 aliphatic rings. The van der Waals surface area contributed by atoms with Crippen molar-refractivity contribution in [3.05, 3.63) is 96.1 Å². The molecular weight excluding hydrogens is 650 g/mol. The molecule has 3 aromatic rings. The van der Waals surface area contributed by atoms with Crippen molar-refractivity contribution in [2.45, 2.75) is 6.61 Å². The summed E-state index contributed by atoms with van der Waals surface area (Å²) >= 11 is 6.93. The van der Waals surface area contributed by atoms with E-state index in [-0.39, 0.29) is 23.9 Å². The average Bonchev–Trinajstić information content (AvgIpc) is 3.06. The van der Waals surface area contributed by atoms with Crippen LogP contribution in [0.25, 0.3) is 6.08 Å². The second kappa shape index (κ2) is 10.9. The second-order valence-corrected chi connectivity index (χ2v) is 10.5.